The van der Waals surface area contributed by atoms with Crippen LogP contribution in [0.1, 0.15) is 21.5 Å². The average Bonchev–Trinajstić information content (AvgIpc) is 2.66. The molecule has 0 aliphatic heterocycles. The Kier molecular flexibility index (Phi) is 5.72. The molecule has 1 amide bonds. The third-order valence-corrected chi connectivity index (χ3v) is 5.86. The predicted molar refractivity (Wildman–Crippen MR) is 113 cm³/mol. The maximum atomic E-state index is 12.7. The summed E-state index contributed by atoms with van der Waals surface area (Å²) in [6.45, 7) is 3.69. The van der Waals surface area contributed by atoms with Crippen LogP contribution in [0.3, 0.4) is 0 Å². The van der Waals surface area contributed by atoms with Gasteiger partial charge in [0, 0.05) is 16.3 Å². The van der Waals surface area contributed by atoms with Gasteiger partial charge in [-0.15, -0.1) is 0 Å². The summed E-state index contributed by atoms with van der Waals surface area (Å²) in [5.41, 5.74) is 3.21. The molecule has 3 aromatic carbocycles. The molecule has 5 nitrogen and oxygen atoms in total. The van der Waals surface area contributed by atoms with Crippen LogP contribution < -0.4 is 10.0 Å². The van der Waals surface area contributed by atoms with Gasteiger partial charge < -0.3 is 5.32 Å². The number of nitrogens with one attached hydrogen (secondary N) is 2. The van der Waals surface area contributed by atoms with Crippen molar-refractivity contribution in [3.8, 4) is 0 Å². The highest BCUT2D eigenvalue weighted by atomic mass is 35.5. The Labute approximate surface area is 169 Å². The molecule has 0 bridgehead atoms. The van der Waals surface area contributed by atoms with Gasteiger partial charge in [0.05, 0.1) is 10.6 Å². The van der Waals surface area contributed by atoms with Gasteiger partial charge in [-0.1, -0.05) is 29.8 Å². The Morgan fingerprint density at radius 1 is 0.857 bits per heavy atom. The fourth-order valence-electron chi connectivity index (χ4n) is 2.69. The molecule has 0 fully saturated rings. The van der Waals surface area contributed by atoms with Crippen molar-refractivity contribution in [2.45, 2.75) is 18.7 Å². The van der Waals surface area contributed by atoms with Gasteiger partial charge in [-0.3, -0.25) is 9.52 Å². The summed E-state index contributed by atoms with van der Waals surface area (Å²) in [6, 6.07) is 18.1. The van der Waals surface area contributed by atoms with E-state index in [9.17, 15) is 13.2 Å². The molecule has 0 radical (unpaired) electrons. The van der Waals surface area contributed by atoms with E-state index in [4.69, 9.17) is 11.6 Å². The molecular weight excluding hydrogens is 396 g/mol. The number of hydrogen-bond acceptors (Lipinski definition) is 3. The van der Waals surface area contributed by atoms with Crippen molar-refractivity contribution in [3.05, 3.63) is 88.4 Å². The van der Waals surface area contributed by atoms with Gasteiger partial charge in [0.2, 0.25) is 0 Å². The molecule has 0 aromatic heterocycles. The van der Waals surface area contributed by atoms with Crippen molar-refractivity contribution in [1.29, 1.82) is 0 Å². The summed E-state index contributed by atoms with van der Waals surface area (Å²) in [6.07, 6.45) is 0. The molecule has 0 spiro atoms. The lowest BCUT2D eigenvalue weighted by atomic mass is 10.1. The molecule has 0 aliphatic carbocycles. The lowest BCUT2D eigenvalue weighted by Crippen LogP contribution is -2.15. The van der Waals surface area contributed by atoms with E-state index in [1.165, 1.54) is 12.1 Å². The van der Waals surface area contributed by atoms with Crippen LogP contribution >= 0.6 is 11.6 Å². The van der Waals surface area contributed by atoms with Crippen molar-refractivity contribution in [2.75, 3.05) is 10.0 Å². The molecule has 3 aromatic rings. The van der Waals surface area contributed by atoms with Crippen LogP contribution in [0.2, 0.25) is 5.02 Å². The van der Waals surface area contributed by atoms with E-state index in [0.717, 1.165) is 11.1 Å². The minimum atomic E-state index is -3.74. The number of benzene rings is 3. The van der Waals surface area contributed by atoms with Gasteiger partial charge in [0.15, 0.2) is 0 Å². The van der Waals surface area contributed by atoms with Crippen LogP contribution in [0.15, 0.2) is 71.6 Å². The van der Waals surface area contributed by atoms with Crippen LogP contribution in [0.4, 0.5) is 11.4 Å². The number of halogens is 1. The first-order chi connectivity index (χ1) is 13.3. The highest BCUT2D eigenvalue weighted by Gasteiger charge is 2.16. The number of hydrogen-bond donors (Lipinski definition) is 2. The second kappa shape index (κ2) is 8.04. The lowest BCUT2D eigenvalue weighted by molar-refractivity contribution is 0.102. The predicted octanol–water partition coefficient (Wildman–Crippen LogP) is 5.01. The third-order valence-electron chi connectivity index (χ3n) is 4.25. The number of carbonyl (C=O) groups excluding carboxylic acids is 1. The van der Waals surface area contributed by atoms with Crippen LogP contribution in [0, 0.1) is 13.8 Å². The van der Waals surface area contributed by atoms with Crippen LogP contribution in [0.5, 0.6) is 0 Å². The largest absolute Gasteiger partial charge is 0.322 e. The summed E-state index contributed by atoms with van der Waals surface area (Å²) in [5, 5.41) is 3.27. The fraction of sp³-hybridized carbons (Fsp3) is 0.0952. The number of sulfonamides is 1. The lowest BCUT2D eigenvalue weighted by Gasteiger charge is -2.13. The molecule has 2 N–H and O–H groups in total. The molecule has 28 heavy (non-hydrogen) atoms. The number of aryl methyl sites for hydroxylation is 2. The Morgan fingerprint density at radius 2 is 1.43 bits per heavy atom. The van der Waals surface area contributed by atoms with E-state index in [0.29, 0.717) is 22.0 Å². The monoisotopic (exact) mass is 414 g/mol. The first kappa shape index (κ1) is 19.9. The van der Waals surface area contributed by atoms with E-state index in [2.05, 4.69) is 10.0 Å². The molecule has 0 aliphatic rings. The van der Waals surface area contributed by atoms with Gasteiger partial charge in [-0.05, 0) is 73.5 Å². The zero-order chi connectivity index (χ0) is 20.3. The van der Waals surface area contributed by atoms with Gasteiger partial charge in [0.25, 0.3) is 15.9 Å². The van der Waals surface area contributed by atoms with Crippen molar-refractivity contribution in [2.24, 2.45) is 0 Å². The molecular formula is C21H19ClN2O3S. The Hall–Kier alpha value is -2.83. The normalized spacial score (nSPS) is 11.1. The fourth-order valence-corrected chi connectivity index (χ4v) is 4.02. The summed E-state index contributed by atoms with van der Waals surface area (Å²) in [4.78, 5) is 12.3. The van der Waals surface area contributed by atoms with E-state index < -0.39 is 10.0 Å². The van der Waals surface area contributed by atoms with Crippen molar-refractivity contribution >= 4 is 38.9 Å². The zero-order valence-electron chi connectivity index (χ0n) is 15.4. The van der Waals surface area contributed by atoms with Crippen molar-refractivity contribution in [3.63, 3.8) is 0 Å². The minimum absolute atomic E-state index is 0.111. The Bertz CT molecular complexity index is 1090. The van der Waals surface area contributed by atoms with Crippen LogP contribution in [-0.2, 0) is 10.0 Å². The quantitative estimate of drug-likeness (QED) is 0.616. The molecule has 0 heterocycles. The van der Waals surface area contributed by atoms with Gasteiger partial charge in [-0.2, -0.15) is 0 Å². The number of rotatable bonds is 5. The molecule has 7 heteroatoms. The van der Waals surface area contributed by atoms with Gasteiger partial charge >= 0.3 is 0 Å². The Balaban J connectivity index is 1.76. The number of anilines is 2. The summed E-state index contributed by atoms with van der Waals surface area (Å²) < 4.78 is 28.0. The summed E-state index contributed by atoms with van der Waals surface area (Å²) >= 11 is 5.82. The standard InChI is InChI=1S/C21H19ClN2O3S/c1-14-4-3-5-15(2)20(14)24-28(26,27)19-12-10-18(11-13-19)23-21(25)16-6-8-17(22)9-7-16/h3-13,24H,1-2H3,(H,23,25). The van der Waals surface area contributed by atoms with Crippen LogP contribution in [0.25, 0.3) is 0 Å². The second-order valence-corrected chi connectivity index (χ2v) is 8.48. The summed E-state index contributed by atoms with van der Waals surface area (Å²) in [7, 11) is -3.74. The minimum Gasteiger partial charge on any atom is -0.322 e. The van der Waals surface area contributed by atoms with Crippen molar-refractivity contribution in [1.82, 2.24) is 0 Å². The first-order valence-corrected chi connectivity index (χ1v) is 10.4. The molecule has 144 valence electrons. The highest BCUT2D eigenvalue weighted by Crippen LogP contribution is 2.24. The maximum Gasteiger partial charge on any atom is 0.261 e. The maximum absolute atomic E-state index is 12.7. The topological polar surface area (TPSA) is 75.3 Å². The number of amides is 1. The number of carbonyl (C=O) groups is 1. The SMILES string of the molecule is Cc1cccc(C)c1NS(=O)(=O)c1ccc(NC(=O)c2ccc(Cl)cc2)cc1. The molecule has 3 rings (SSSR count). The van der Waals surface area contributed by atoms with Crippen molar-refractivity contribution < 1.29 is 13.2 Å². The van der Waals surface area contributed by atoms with Gasteiger partial charge in [0.1, 0.15) is 0 Å². The average molecular weight is 415 g/mol. The molecule has 0 unspecified atom stereocenters. The Morgan fingerprint density at radius 3 is 2.00 bits per heavy atom. The van der Waals surface area contributed by atoms with E-state index in [1.54, 1.807) is 36.4 Å². The number of para-hydroxylation sites is 1. The van der Waals surface area contributed by atoms with E-state index in [-0.39, 0.29) is 10.8 Å². The van der Waals surface area contributed by atoms with Gasteiger partial charge in [-0.25, -0.2) is 8.42 Å². The highest BCUT2D eigenvalue weighted by molar-refractivity contribution is 7.92. The van der Waals surface area contributed by atoms with Crippen LogP contribution in [-0.4, -0.2) is 14.3 Å². The second-order valence-electron chi connectivity index (χ2n) is 6.36. The van der Waals surface area contributed by atoms with E-state index >= 15 is 0 Å². The molecule has 0 saturated carbocycles. The molecule has 0 atom stereocenters. The first-order valence-electron chi connectivity index (χ1n) is 8.52. The third kappa shape index (κ3) is 4.52. The zero-order valence-corrected chi connectivity index (χ0v) is 16.9. The summed E-state index contributed by atoms with van der Waals surface area (Å²) in [5.74, 6) is -0.305. The smallest absolute Gasteiger partial charge is 0.261 e. The molecule has 0 saturated heterocycles. The van der Waals surface area contributed by atoms with E-state index in [1.807, 2.05) is 32.0 Å².